The van der Waals surface area contributed by atoms with Crippen LogP contribution in [0.2, 0.25) is 0 Å². The molecule has 0 aliphatic carbocycles. The lowest BCUT2D eigenvalue weighted by atomic mass is 9.97. The molecule has 55 heavy (non-hydrogen) atoms. The number of para-hydroxylation sites is 1. The minimum absolute atomic E-state index is 0.582. The summed E-state index contributed by atoms with van der Waals surface area (Å²) in [5.74, 6) is 0.582. The Balaban J connectivity index is 1.13. The highest BCUT2D eigenvalue weighted by atomic mass is 16.4. The summed E-state index contributed by atoms with van der Waals surface area (Å²) in [6.07, 6.45) is 0. The zero-order valence-corrected chi connectivity index (χ0v) is 29.7. The van der Waals surface area contributed by atoms with Crippen LogP contribution < -0.4 is 4.90 Å². The van der Waals surface area contributed by atoms with E-state index in [0.29, 0.717) is 11.5 Å². The molecule has 9 aromatic carbocycles. The number of furan rings is 1. The number of aromatic nitrogens is 1. The van der Waals surface area contributed by atoms with E-state index in [4.69, 9.17) is 13.8 Å². The Bertz CT molecular complexity index is 3200. The van der Waals surface area contributed by atoms with Gasteiger partial charge in [-0.3, -0.25) is 0 Å². The molecule has 0 bridgehead atoms. The van der Waals surface area contributed by atoms with Gasteiger partial charge in [0.2, 0.25) is 5.89 Å². The molecule has 0 saturated carbocycles. The quantitative estimate of drug-likeness (QED) is 0.162. The molecule has 0 amide bonds. The Kier molecular flexibility index (Phi) is 7.14. The highest BCUT2D eigenvalue weighted by Gasteiger charge is 2.23. The number of fused-ring (bicyclic) bond motifs is 7. The first-order valence-electron chi connectivity index (χ1n) is 18.5. The second-order valence-corrected chi connectivity index (χ2v) is 13.9. The number of benzene rings is 9. The molecule has 0 aliphatic rings. The van der Waals surface area contributed by atoms with Crippen molar-refractivity contribution in [2.24, 2.45) is 0 Å². The van der Waals surface area contributed by atoms with Crippen molar-refractivity contribution in [2.45, 2.75) is 0 Å². The fourth-order valence-corrected chi connectivity index (χ4v) is 8.09. The summed E-state index contributed by atoms with van der Waals surface area (Å²) < 4.78 is 13.2. The fraction of sp³-hybridized carbons (Fsp3) is 0. The van der Waals surface area contributed by atoms with Crippen LogP contribution in [-0.2, 0) is 0 Å². The number of nitrogens with zero attached hydrogens (tertiary/aromatic N) is 2. The van der Waals surface area contributed by atoms with Gasteiger partial charge in [0.05, 0.1) is 11.3 Å². The fourth-order valence-electron chi connectivity index (χ4n) is 8.09. The summed E-state index contributed by atoms with van der Waals surface area (Å²) in [4.78, 5) is 7.38. The van der Waals surface area contributed by atoms with E-state index in [0.717, 1.165) is 66.8 Å². The summed E-state index contributed by atoms with van der Waals surface area (Å²) in [6, 6.07) is 68.1. The van der Waals surface area contributed by atoms with E-state index < -0.39 is 0 Å². The first kappa shape index (κ1) is 31.1. The van der Waals surface area contributed by atoms with Gasteiger partial charge < -0.3 is 13.7 Å². The number of hydrogen-bond donors (Lipinski definition) is 0. The number of rotatable bonds is 6. The van der Waals surface area contributed by atoms with Crippen molar-refractivity contribution in [3.63, 3.8) is 0 Å². The topological polar surface area (TPSA) is 42.4 Å². The van der Waals surface area contributed by atoms with Gasteiger partial charge in [-0.2, -0.15) is 0 Å². The predicted octanol–water partition coefficient (Wildman–Crippen LogP) is 14.5. The monoisotopic (exact) mass is 704 g/mol. The number of anilines is 3. The van der Waals surface area contributed by atoms with Gasteiger partial charge in [-0.15, -0.1) is 0 Å². The van der Waals surface area contributed by atoms with Gasteiger partial charge in [0.15, 0.2) is 5.58 Å². The van der Waals surface area contributed by atoms with Crippen molar-refractivity contribution in [1.82, 2.24) is 4.98 Å². The standard InChI is InChI=1S/C51H32N2O2/c1-3-14-33(15-4-1)36-19-13-20-39(30-36)53(46-31-37-18-7-8-21-40(37)41-22-9-10-23-42(41)46)38-28-26-34(27-29-38)48-49-44(43-24-11-12-25-47(43)54-49)32-45-50(48)55-51(52-45)35-16-5-2-6-17-35/h1-32H. The van der Waals surface area contributed by atoms with Crippen LogP contribution in [-0.4, -0.2) is 4.98 Å². The molecule has 2 heterocycles. The van der Waals surface area contributed by atoms with Gasteiger partial charge in [0, 0.05) is 33.1 Å². The zero-order valence-electron chi connectivity index (χ0n) is 29.7. The Morgan fingerprint density at radius 3 is 1.84 bits per heavy atom. The highest BCUT2D eigenvalue weighted by molar-refractivity contribution is 6.17. The van der Waals surface area contributed by atoms with E-state index in [1.807, 2.05) is 48.5 Å². The third-order valence-electron chi connectivity index (χ3n) is 10.7. The molecular weight excluding hydrogens is 673 g/mol. The molecule has 11 rings (SSSR count). The van der Waals surface area contributed by atoms with Crippen LogP contribution in [0.3, 0.4) is 0 Å². The summed E-state index contributed by atoms with van der Waals surface area (Å²) in [7, 11) is 0. The van der Waals surface area contributed by atoms with E-state index >= 15 is 0 Å². The average Bonchev–Trinajstić information content (AvgIpc) is 3.86. The largest absolute Gasteiger partial charge is 0.455 e. The van der Waals surface area contributed by atoms with Crippen molar-refractivity contribution >= 4 is 71.6 Å². The van der Waals surface area contributed by atoms with Crippen molar-refractivity contribution in [3.8, 4) is 33.7 Å². The number of hydrogen-bond acceptors (Lipinski definition) is 4. The Hall–Kier alpha value is -7.43. The maximum absolute atomic E-state index is 6.62. The van der Waals surface area contributed by atoms with Crippen molar-refractivity contribution in [1.29, 1.82) is 0 Å². The molecule has 0 unspecified atom stereocenters. The minimum atomic E-state index is 0.582. The van der Waals surface area contributed by atoms with Gasteiger partial charge in [-0.05, 0) is 87.4 Å². The van der Waals surface area contributed by atoms with Gasteiger partial charge in [-0.25, -0.2) is 4.98 Å². The molecule has 0 N–H and O–H groups in total. The molecule has 2 aromatic heterocycles. The smallest absolute Gasteiger partial charge is 0.227 e. The third kappa shape index (κ3) is 5.19. The Morgan fingerprint density at radius 1 is 0.382 bits per heavy atom. The second-order valence-electron chi connectivity index (χ2n) is 13.9. The summed E-state index contributed by atoms with van der Waals surface area (Å²) in [5, 5.41) is 6.89. The average molecular weight is 705 g/mol. The molecule has 4 nitrogen and oxygen atoms in total. The van der Waals surface area contributed by atoms with Crippen molar-refractivity contribution in [2.75, 3.05) is 4.90 Å². The zero-order chi connectivity index (χ0) is 36.3. The Labute approximate surface area is 317 Å². The molecule has 0 fully saturated rings. The van der Waals surface area contributed by atoms with Crippen LogP contribution in [0.1, 0.15) is 0 Å². The van der Waals surface area contributed by atoms with Crippen LogP contribution in [0.4, 0.5) is 17.1 Å². The molecule has 0 radical (unpaired) electrons. The van der Waals surface area contributed by atoms with Crippen LogP contribution in [0.25, 0.3) is 88.3 Å². The molecule has 0 spiro atoms. The lowest BCUT2D eigenvalue weighted by Gasteiger charge is -2.28. The van der Waals surface area contributed by atoms with E-state index in [-0.39, 0.29) is 0 Å². The molecule has 0 saturated heterocycles. The molecule has 0 atom stereocenters. The van der Waals surface area contributed by atoms with E-state index in [1.54, 1.807) is 0 Å². The van der Waals surface area contributed by atoms with Crippen LogP contribution >= 0.6 is 0 Å². The van der Waals surface area contributed by atoms with E-state index in [9.17, 15) is 0 Å². The maximum atomic E-state index is 6.62. The van der Waals surface area contributed by atoms with Crippen LogP contribution in [0, 0.1) is 0 Å². The van der Waals surface area contributed by atoms with Gasteiger partial charge in [0.1, 0.15) is 16.7 Å². The van der Waals surface area contributed by atoms with Crippen molar-refractivity contribution in [3.05, 3.63) is 194 Å². The van der Waals surface area contributed by atoms with E-state index in [2.05, 4.69) is 150 Å². The lowest BCUT2D eigenvalue weighted by Crippen LogP contribution is -2.10. The summed E-state index contributed by atoms with van der Waals surface area (Å²) in [6.45, 7) is 0. The highest BCUT2D eigenvalue weighted by Crippen LogP contribution is 2.46. The molecular formula is C51H32N2O2. The number of oxazole rings is 1. The lowest BCUT2D eigenvalue weighted by molar-refractivity contribution is 0.619. The van der Waals surface area contributed by atoms with Crippen molar-refractivity contribution < 1.29 is 8.83 Å². The first-order chi connectivity index (χ1) is 27.3. The SMILES string of the molecule is c1ccc(-c2cccc(N(c3ccc(-c4c5oc(-c6ccccc6)nc5cc5c4oc4ccccc45)cc3)c3cc4ccccc4c4ccccc34)c2)cc1. The molecule has 11 aromatic rings. The van der Waals surface area contributed by atoms with Crippen LogP contribution in [0.15, 0.2) is 203 Å². The van der Waals surface area contributed by atoms with Gasteiger partial charge in [0.25, 0.3) is 0 Å². The first-order valence-corrected chi connectivity index (χ1v) is 18.5. The molecule has 258 valence electrons. The van der Waals surface area contributed by atoms with Crippen LogP contribution in [0.5, 0.6) is 0 Å². The van der Waals surface area contributed by atoms with Gasteiger partial charge >= 0.3 is 0 Å². The third-order valence-corrected chi connectivity index (χ3v) is 10.7. The van der Waals surface area contributed by atoms with E-state index in [1.165, 1.54) is 27.1 Å². The van der Waals surface area contributed by atoms with Gasteiger partial charge in [-0.1, -0.05) is 140 Å². The maximum Gasteiger partial charge on any atom is 0.227 e. The molecule has 0 aliphatic heterocycles. The summed E-state index contributed by atoms with van der Waals surface area (Å²) in [5.41, 5.74) is 11.4. The Morgan fingerprint density at radius 2 is 1.04 bits per heavy atom. The summed E-state index contributed by atoms with van der Waals surface area (Å²) >= 11 is 0. The molecule has 4 heteroatoms. The second kappa shape index (κ2) is 12.6. The minimum Gasteiger partial charge on any atom is -0.455 e. The predicted molar refractivity (Wildman–Crippen MR) is 227 cm³/mol. The normalized spacial score (nSPS) is 11.6.